The molecule has 0 saturated carbocycles. The van der Waals surface area contributed by atoms with Crippen LogP contribution in [0.4, 0.5) is 5.69 Å². The van der Waals surface area contributed by atoms with E-state index in [2.05, 4.69) is 15.0 Å². The van der Waals surface area contributed by atoms with Gasteiger partial charge in [-0.05, 0) is 29.8 Å². The van der Waals surface area contributed by atoms with Gasteiger partial charge in [0.15, 0.2) is 0 Å². The SMILES string of the molecule is COC(=O)c1cccc(NC(=O)CCN(Cc2cccnc2)C(C)=O)c1. The molecule has 1 heterocycles. The normalized spacial score (nSPS) is 10.1. The predicted octanol–water partition coefficient (Wildman–Crippen LogP) is 2.25. The molecule has 0 radical (unpaired) electrons. The average molecular weight is 355 g/mol. The van der Waals surface area contributed by atoms with Crippen molar-refractivity contribution < 1.29 is 19.1 Å². The summed E-state index contributed by atoms with van der Waals surface area (Å²) >= 11 is 0. The summed E-state index contributed by atoms with van der Waals surface area (Å²) in [4.78, 5) is 41.1. The van der Waals surface area contributed by atoms with Gasteiger partial charge in [0, 0.05) is 44.5 Å². The molecule has 0 bridgehead atoms. The molecule has 1 N–H and O–H groups in total. The highest BCUT2D eigenvalue weighted by molar-refractivity contribution is 5.94. The van der Waals surface area contributed by atoms with Crippen LogP contribution in [-0.4, -0.2) is 41.3 Å². The molecule has 136 valence electrons. The number of hydrogen-bond acceptors (Lipinski definition) is 5. The highest BCUT2D eigenvalue weighted by Crippen LogP contribution is 2.12. The molecule has 0 unspecified atom stereocenters. The van der Waals surface area contributed by atoms with Crippen molar-refractivity contribution in [1.29, 1.82) is 0 Å². The largest absolute Gasteiger partial charge is 0.465 e. The Balaban J connectivity index is 1.92. The van der Waals surface area contributed by atoms with Crippen LogP contribution in [-0.2, 0) is 20.9 Å². The standard InChI is InChI=1S/C19H21N3O4/c1-14(23)22(13-15-5-4-9-20-12-15)10-8-18(24)21-17-7-3-6-16(11-17)19(25)26-2/h3-7,9,11-12H,8,10,13H2,1-2H3,(H,21,24). The van der Waals surface area contributed by atoms with Crippen molar-refractivity contribution in [2.24, 2.45) is 0 Å². The number of carbonyl (C=O) groups excluding carboxylic acids is 3. The fourth-order valence-electron chi connectivity index (χ4n) is 2.36. The fraction of sp³-hybridized carbons (Fsp3) is 0.263. The smallest absolute Gasteiger partial charge is 0.337 e. The van der Waals surface area contributed by atoms with Gasteiger partial charge in [-0.15, -0.1) is 0 Å². The first kappa shape index (κ1) is 19.1. The molecule has 2 amide bonds. The van der Waals surface area contributed by atoms with Gasteiger partial charge in [-0.2, -0.15) is 0 Å². The van der Waals surface area contributed by atoms with Crippen LogP contribution in [0.25, 0.3) is 0 Å². The van der Waals surface area contributed by atoms with Crippen LogP contribution in [0.5, 0.6) is 0 Å². The van der Waals surface area contributed by atoms with Crippen LogP contribution in [0, 0.1) is 0 Å². The van der Waals surface area contributed by atoms with E-state index in [9.17, 15) is 14.4 Å². The van der Waals surface area contributed by atoms with Gasteiger partial charge in [-0.1, -0.05) is 12.1 Å². The Morgan fingerprint density at radius 1 is 1.19 bits per heavy atom. The molecule has 0 spiro atoms. The number of esters is 1. The number of pyridine rings is 1. The summed E-state index contributed by atoms with van der Waals surface area (Å²) in [6.07, 6.45) is 3.49. The number of rotatable bonds is 7. The number of nitrogens with one attached hydrogen (secondary N) is 1. The Kier molecular flexibility index (Phi) is 6.84. The van der Waals surface area contributed by atoms with Crippen LogP contribution in [0.3, 0.4) is 0 Å². The second kappa shape index (κ2) is 9.31. The number of aromatic nitrogens is 1. The second-order valence-electron chi connectivity index (χ2n) is 5.67. The van der Waals surface area contributed by atoms with E-state index in [0.29, 0.717) is 17.8 Å². The lowest BCUT2D eigenvalue weighted by atomic mass is 10.2. The van der Waals surface area contributed by atoms with E-state index >= 15 is 0 Å². The van der Waals surface area contributed by atoms with E-state index in [-0.39, 0.29) is 24.8 Å². The minimum absolute atomic E-state index is 0.116. The lowest BCUT2D eigenvalue weighted by Gasteiger charge is -2.20. The second-order valence-corrected chi connectivity index (χ2v) is 5.67. The number of amides is 2. The number of nitrogens with zero attached hydrogens (tertiary/aromatic N) is 2. The number of ether oxygens (including phenoxy) is 1. The summed E-state index contributed by atoms with van der Waals surface area (Å²) in [7, 11) is 1.30. The fourth-order valence-corrected chi connectivity index (χ4v) is 2.36. The van der Waals surface area contributed by atoms with Gasteiger partial charge in [0.25, 0.3) is 0 Å². The van der Waals surface area contributed by atoms with Crippen molar-refractivity contribution in [3.8, 4) is 0 Å². The lowest BCUT2D eigenvalue weighted by molar-refractivity contribution is -0.129. The first-order valence-corrected chi connectivity index (χ1v) is 8.12. The molecule has 26 heavy (non-hydrogen) atoms. The minimum atomic E-state index is -0.472. The minimum Gasteiger partial charge on any atom is -0.465 e. The molecule has 0 fully saturated rings. The van der Waals surface area contributed by atoms with Gasteiger partial charge in [-0.3, -0.25) is 14.6 Å². The zero-order chi connectivity index (χ0) is 18.9. The summed E-state index contributed by atoms with van der Waals surface area (Å²) in [5, 5.41) is 2.72. The zero-order valence-corrected chi connectivity index (χ0v) is 14.8. The topological polar surface area (TPSA) is 88.6 Å². The molecular formula is C19H21N3O4. The number of methoxy groups -OCH3 is 1. The molecule has 7 heteroatoms. The summed E-state index contributed by atoms with van der Waals surface area (Å²) in [6, 6.07) is 10.2. The van der Waals surface area contributed by atoms with Gasteiger partial charge < -0.3 is 15.0 Å². The average Bonchev–Trinajstić information content (AvgIpc) is 2.65. The highest BCUT2D eigenvalue weighted by Gasteiger charge is 2.13. The third-order valence-corrected chi connectivity index (χ3v) is 3.72. The van der Waals surface area contributed by atoms with E-state index in [1.54, 1.807) is 47.6 Å². The predicted molar refractivity (Wildman–Crippen MR) is 96.4 cm³/mol. The van der Waals surface area contributed by atoms with Crippen molar-refractivity contribution in [2.45, 2.75) is 19.9 Å². The van der Waals surface area contributed by atoms with Crippen molar-refractivity contribution in [1.82, 2.24) is 9.88 Å². The van der Waals surface area contributed by atoms with Crippen LogP contribution in [0.2, 0.25) is 0 Å². The Morgan fingerprint density at radius 2 is 2.00 bits per heavy atom. The summed E-state index contributed by atoms with van der Waals surface area (Å²) in [6.45, 7) is 2.15. The first-order valence-electron chi connectivity index (χ1n) is 8.12. The molecule has 2 rings (SSSR count). The molecule has 0 atom stereocenters. The van der Waals surface area contributed by atoms with E-state index in [0.717, 1.165) is 5.56 Å². The molecular weight excluding hydrogens is 334 g/mol. The summed E-state index contributed by atoms with van der Waals surface area (Å²) in [5.74, 6) is -0.834. The quantitative estimate of drug-likeness (QED) is 0.770. The van der Waals surface area contributed by atoms with E-state index < -0.39 is 5.97 Å². The zero-order valence-electron chi connectivity index (χ0n) is 14.8. The maximum atomic E-state index is 12.2. The maximum Gasteiger partial charge on any atom is 0.337 e. The highest BCUT2D eigenvalue weighted by atomic mass is 16.5. The van der Waals surface area contributed by atoms with Gasteiger partial charge in [0.2, 0.25) is 11.8 Å². The lowest BCUT2D eigenvalue weighted by Crippen LogP contribution is -2.31. The maximum absolute atomic E-state index is 12.2. The van der Waals surface area contributed by atoms with Crippen molar-refractivity contribution in [3.63, 3.8) is 0 Å². The number of benzene rings is 1. The van der Waals surface area contributed by atoms with Crippen molar-refractivity contribution in [2.75, 3.05) is 19.0 Å². The number of anilines is 1. The van der Waals surface area contributed by atoms with Gasteiger partial charge in [-0.25, -0.2) is 4.79 Å². The molecule has 2 aromatic rings. The molecule has 0 saturated heterocycles. The van der Waals surface area contributed by atoms with Gasteiger partial charge in [0.1, 0.15) is 0 Å². The van der Waals surface area contributed by atoms with Crippen LogP contribution < -0.4 is 5.32 Å². The Bertz CT molecular complexity index is 777. The van der Waals surface area contributed by atoms with Gasteiger partial charge in [0.05, 0.1) is 12.7 Å². The van der Waals surface area contributed by atoms with Crippen molar-refractivity contribution in [3.05, 3.63) is 59.9 Å². The molecule has 1 aromatic heterocycles. The monoisotopic (exact) mass is 355 g/mol. The third kappa shape index (κ3) is 5.70. The third-order valence-electron chi connectivity index (χ3n) is 3.72. The Morgan fingerprint density at radius 3 is 2.65 bits per heavy atom. The van der Waals surface area contributed by atoms with E-state index in [4.69, 9.17) is 0 Å². The van der Waals surface area contributed by atoms with Crippen molar-refractivity contribution >= 4 is 23.5 Å². The summed E-state index contributed by atoms with van der Waals surface area (Å²) < 4.78 is 4.66. The van der Waals surface area contributed by atoms with Gasteiger partial charge >= 0.3 is 5.97 Å². The Hall–Kier alpha value is -3.22. The molecule has 7 nitrogen and oxygen atoms in total. The molecule has 1 aromatic carbocycles. The molecule has 0 aliphatic rings. The van der Waals surface area contributed by atoms with E-state index in [1.807, 2.05) is 6.07 Å². The van der Waals surface area contributed by atoms with Crippen LogP contribution >= 0.6 is 0 Å². The van der Waals surface area contributed by atoms with Crippen LogP contribution in [0.15, 0.2) is 48.8 Å². The number of hydrogen-bond donors (Lipinski definition) is 1. The van der Waals surface area contributed by atoms with Crippen LogP contribution in [0.1, 0.15) is 29.3 Å². The molecule has 0 aliphatic heterocycles. The molecule has 0 aliphatic carbocycles. The van der Waals surface area contributed by atoms with E-state index in [1.165, 1.54) is 14.0 Å². The first-order chi connectivity index (χ1) is 12.5. The Labute approximate surface area is 152 Å². The number of carbonyl (C=O) groups is 3. The summed E-state index contributed by atoms with van der Waals surface area (Å²) in [5.41, 5.74) is 1.75.